The average molecular weight is 424 g/mol. The number of pyridine rings is 1. The van der Waals surface area contributed by atoms with E-state index in [1.165, 1.54) is 16.2 Å². The predicted octanol–water partition coefficient (Wildman–Crippen LogP) is 4.37. The molecular formula is C19H25N3O2S3. The van der Waals surface area contributed by atoms with E-state index in [-0.39, 0.29) is 23.7 Å². The molecule has 2 aromatic heterocycles. The third kappa shape index (κ3) is 5.33. The van der Waals surface area contributed by atoms with E-state index in [0.717, 1.165) is 10.6 Å². The predicted molar refractivity (Wildman–Crippen MR) is 118 cm³/mol. The van der Waals surface area contributed by atoms with Gasteiger partial charge in [-0.05, 0) is 31.6 Å². The molecule has 8 heteroatoms. The van der Waals surface area contributed by atoms with Gasteiger partial charge in [0, 0.05) is 41.3 Å². The first-order valence-corrected chi connectivity index (χ1v) is 12.2. The molecule has 0 aliphatic heterocycles. The van der Waals surface area contributed by atoms with Crippen LogP contribution >= 0.6 is 34.9 Å². The zero-order chi connectivity index (χ0) is 20.0. The molecule has 2 rings (SSSR count). The summed E-state index contributed by atoms with van der Waals surface area (Å²) >= 11 is 4.58. The van der Waals surface area contributed by atoms with Crippen molar-refractivity contribution in [2.45, 2.75) is 20.8 Å². The molecule has 0 saturated heterocycles. The molecule has 0 radical (unpaired) electrons. The van der Waals surface area contributed by atoms with Crippen molar-refractivity contribution < 1.29 is 9.59 Å². The molecule has 0 saturated carbocycles. The minimum Gasteiger partial charge on any atom is -0.274 e. The minimum atomic E-state index is -0.242. The van der Waals surface area contributed by atoms with Crippen molar-refractivity contribution in [3.05, 3.63) is 30.2 Å². The fourth-order valence-electron chi connectivity index (χ4n) is 2.60. The average Bonchev–Trinajstić information content (AvgIpc) is 3.04. The summed E-state index contributed by atoms with van der Waals surface area (Å²) in [4.78, 5) is 36.4. The van der Waals surface area contributed by atoms with Gasteiger partial charge in [-0.1, -0.05) is 25.2 Å². The highest BCUT2D eigenvalue weighted by molar-refractivity contribution is 7.98. The molecule has 2 heterocycles. The number of rotatable bonds is 8. The molecular weight excluding hydrogens is 398 g/mol. The van der Waals surface area contributed by atoms with Gasteiger partial charge < -0.3 is 0 Å². The molecule has 2 atom stereocenters. The Morgan fingerprint density at radius 1 is 1.15 bits per heavy atom. The Labute approximate surface area is 173 Å². The summed E-state index contributed by atoms with van der Waals surface area (Å²) in [7, 11) is 0. The molecule has 0 spiro atoms. The van der Waals surface area contributed by atoms with Crippen LogP contribution in [0.4, 0.5) is 5.00 Å². The van der Waals surface area contributed by atoms with E-state index < -0.39 is 0 Å². The van der Waals surface area contributed by atoms with Gasteiger partial charge in [0.25, 0.3) is 0 Å². The number of imide groups is 1. The molecule has 2 aromatic rings. The van der Waals surface area contributed by atoms with Gasteiger partial charge >= 0.3 is 0 Å². The van der Waals surface area contributed by atoms with Crippen LogP contribution in [0, 0.1) is 18.8 Å². The summed E-state index contributed by atoms with van der Waals surface area (Å²) in [6.07, 6.45) is 7.37. The van der Waals surface area contributed by atoms with Crippen LogP contribution in [0.5, 0.6) is 0 Å². The summed E-state index contributed by atoms with van der Waals surface area (Å²) in [6, 6.07) is 3.77. The first-order chi connectivity index (χ1) is 12.9. The lowest BCUT2D eigenvalue weighted by Gasteiger charge is -2.25. The van der Waals surface area contributed by atoms with Gasteiger partial charge in [0.2, 0.25) is 11.8 Å². The van der Waals surface area contributed by atoms with E-state index in [0.29, 0.717) is 22.2 Å². The number of thioether (sulfide) groups is 2. The standard InChI is InChI=1S/C19H25N3O2S3/c1-12(10-25-4)17(23)22(18(24)13(2)11-26-5)19-14(3)21-16(27-19)15-7-6-8-20-9-15/h6-9,12-13H,10-11H2,1-5H3. The van der Waals surface area contributed by atoms with Gasteiger partial charge in [0.1, 0.15) is 10.0 Å². The highest BCUT2D eigenvalue weighted by Gasteiger charge is 2.33. The molecule has 0 bridgehead atoms. The number of nitrogens with zero attached hydrogens (tertiary/aromatic N) is 3. The number of anilines is 1. The van der Waals surface area contributed by atoms with Crippen LogP contribution in [0.15, 0.2) is 24.5 Å². The van der Waals surface area contributed by atoms with Crippen molar-refractivity contribution in [1.29, 1.82) is 0 Å². The van der Waals surface area contributed by atoms with Crippen LogP contribution in [0.25, 0.3) is 10.6 Å². The van der Waals surface area contributed by atoms with Crippen LogP contribution in [0.3, 0.4) is 0 Å². The van der Waals surface area contributed by atoms with E-state index >= 15 is 0 Å². The van der Waals surface area contributed by atoms with Gasteiger partial charge in [0.15, 0.2) is 0 Å². The lowest BCUT2D eigenvalue weighted by atomic mass is 10.1. The van der Waals surface area contributed by atoms with Crippen LogP contribution in [-0.2, 0) is 9.59 Å². The zero-order valence-electron chi connectivity index (χ0n) is 16.3. The smallest absolute Gasteiger partial charge is 0.238 e. The normalized spacial score (nSPS) is 13.2. The van der Waals surface area contributed by atoms with E-state index in [1.54, 1.807) is 35.9 Å². The molecule has 27 heavy (non-hydrogen) atoms. The molecule has 0 aromatic carbocycles. The number of hydrogen-bond acceptors (Lipinski definition) is 7. The highest BCUT2D eigenvalue weighted by atomic mass is 32.2. The van der Waals surface area contributed by atoms with Gasteiger partial charge in [-0.2, -0.15) is 23.5 Å². The summed E-state index contributed by atoms with van der Waals surface area (Å²) in [5, 5.41) is 1.38. The molecule has 5 nitrogen and oxygen atoms in total. The van der Waals surface area contributed by atoms with Crippen molar-refractivity contribution >= 4 is 51.7 Å². The van der Waals surface area contributed by atoms with Crippen LogP contribution in [0.1, 0.15) is 19.5 Å². The largest absolute Gasteiger partial charge is 0.274 e. The van der Waals surface area contributed by atoms with E-state index in [9.17, 15) is 9.59 Å². The SMILES string of the molecule is CSCC(C)C(=O)N(C(=O)C(C)CSC)c1sc(-c2cccnc2)nc1C. The number of aromatic nitrogens is 2. The third-order valence-electron chi connectivity index (χ3n) is 4.00. The van der Waals surface area contributed by atoms with Crippen LogP contribution < -0.4 is 4.90 Å². The summed E-state index contributed by atoms with van der Waals surface area (Å²) < 4.78 is 0. The number of amides is 2. The molecule has 0 aliphatic rings. The minimum absolute atomic E-state index is 0.160. The lowest BCUT2D eigenvalue weighted by molar-refractivity contribution is -0.129. The zero-order valence-corrected chi connectivity index (χ0v) is 18.7. The monoisotopic (exact) mass is 423 g/mol. The fourth-order valence-corrected chi connectivity index (χ4v) is 4.95. The van der Waals surface area contributed by atoms with Gasteiger partial charge in [-0.25, -0.2) is 9.88 Å². The van der Waals surface area contributed by atoms with E-state index in [2.05, 4.69) is 9.97 Å². The van der Waals surface area contributed by atoms with Crippen molar-refractivity contribution in [1.82, 2.24) is 9.97 Å². The lowest BCUT2D eigenvalue weighted by Crippen LogP contribution is -2.44. The summed E-state index contributed by atoms with van der Waals surface area (Å²) in [6.45, 7) is 5.59. The Kier molecular flexibility index (Phi) is 8.31. The Balaban J connectivity index is 2.45. The van der Waals surface area contributed by atoms with Gasteiger partial charge in [-0.3, -0.25) is 14.6 Å². The van der Waals surface area contributed by atoms with Crippen LogP contribution in [-0.4, -0.2) is 45.8 Å². The fraction of sp³-hybridized carbons (Fsp3) is 0.474. The number of carbonyl (C=O) groups is 2. The van der Waals surface area contributed by atoms with Crippen molar-refractivity contribution in [2.75, 3.05) is 28.9 Å². The van der Waals surface area contributed by atoms with Gasteiger partial charge in [-0.15, -0.1) is 0 Å². The second-order valence-electron chi connectivity index (χ2n) is 6.38. The number of carbonyl (C=O) groups excluding carboxylic acids is 2. The maximum atomic E-state index is 13.1. The van der Waals surface area contributed by atoms with Crippen molar-refractivity contribution in [3.8, 4) is 10.6 Å². The van der Waals surface area contributed by atoms with Crippen molar-refractivity contribution in [2.24, 2.45) is 11.8 Å². The van der Waals surface area contributed by atoms with E-state index in [4.69, 9.17) is 0 Å². The second-order valence-corrected chi connectivity index (χ2v) is 9.17. The Morgan fingerprint density at radius 2 is 1.74 bits per heavy atom. The van der Waals surface area contributed by atoms with E-state index in [1.807, 2.05) is 45.4 Å². The quantitative estimate of drug-likeness (QED) is 0.628. The van der Waals surface area contributed by atoms with Gasteiger partial charge in [0.05, 0.1) is 5.69 Å². The maximum absolute atomic E-state index is 13.1. The molecule has 146 valence electrons. The first kappa shape index (κ1) is 21.9. The topological polar surface area (TPSA) is 63.2 Å². The second kappa shape index (κ2) is 10.2. The first-order valence-electron chi connectivity index (χ1n) is 8.64. The van der Waals surface area contributed by atoms with Crippen LogP contribution in [0.2, 0.25) is 0 Å². The number of hydrogen-bond donors (Lipinski definition) is 0. The Hall–Kier alpha value is -1.38. The maximum Gasteiger partial charge on any atom is 0.238 e. The molecule has 2 unspecified atom stereocenters. The number of thiazole rings is 1. The molecule has 0 N–H and O–H groups in total. The summed E-state index contributed by atoms with van der Waals surface area (Å²) in [5.41, 5.74) is 1.57. The molecule has 0 aliphatic carbocycles. The highest BCUT2D eigenvalue weighted by Crippen LogP contribution is 2.36. The van der Waals surface area contributed by atoms with Crippen molar-refractivity contribution in [3.63, 3.8) is 0 Å². The Bertz CT molecular complexity index is 756. The summed E-state index contributed by atoms with van der Waals surface area (Å²) in [5.74, 6) is 0.542. The Morgan fingerprint density at radius 3 is 2.22 bits per heavy atom. The number of aryl methyl sites for hydroxylation is 1. The molecule has 2 amide bonds. The molecule has 0 fully saturated rings. The third-order valence-corrected chi connectivity index (χ3v) is 6.86.